The summed E-state index contributed by atoms with van der Waals surface area (Å²) in [4.78, 5) is 0. The second-order valence-corrected chi connectivity index (χ2v) is 9.16. The predicted octanol–water partition coefficient (Wildman–Crippen LogP) is 9.66. The predicted molar refractivity (Wildman–Crippen MR) is 156 cm³/mol. The minimum absolute atomic E-state index is 0. The van der Waals surface area contributed by atoms with Crippen LogP contribution in [0.3, 0.4) is 0 Å². The topological polar surface area (TPSA) is 0 Å². The van der Waals surface area contributed by atoms with Gasteiger partial charge in [0.25, 0.3) is 0 Å². The second-order valence-electron chi connectivity index (χ2n) is 9.16. The van der Waals surface area contributed by atoms with Gasteiger partial charge < -0.3 is 14.9 Å². The maximum absolute atomic E-state index is 3.06. The summed E-state index contributed by atoms with van der Waals surface area (Å²) in [6, 6.07) is 28.8. The molecular weight excluding hydrogens is 516 g/mol. The molecule has 0 spiro atoms. The molecular formula is C33H38SiZr-4. The van der Waals surface area contributed by atoms with Crippen LogP contribution < -0.4 is 0 Å². The average molecular weight is 554 g/mol. The molecule has 2 heteroatoms. The molecule has 5 aromatic rings. The summed E-state index contributed by atoms with van der Waals surface area (Å²) in [6.45, 7) is 16.2. The fraction of sp³-hybridized carbons (Fsp3) is 0.212. The van der Waals surface area contributed by atoms with Gasteiger partial charge in [0.1, 0.15) is 0 Å². The van der Waals surface area contributed by atoms with Crippen LogP contribution in [0.1, 0.15) is 47.6 Å². The number of hydrogen-bond acceptors (Lipinski definition) is 0. The number of rotatable bonds is 2. The summed E-state index contributed by atoms with van der Waals surface area (Å²) in [5, 5.41) is 5.52. The van der Waals surface area contributed by atoms with Crippen LogP contribution in [-0.4, -0.2) is 6.88 Å². The third-order valence-corrected chi connectivity index (χ3v) is 6.34. The van der Waals surface area contributed by atoms with Gasteiger partial charge in [-0.15, -0.1) is 68.6 Å². The number of hydrogen-bond donors (Lipinski definition) is 0. The van der Waals surface area contributed by atoms with Gasteiger partial charge in [-0.25, -0.2) is 0 Å². The summed E-state index contributed by atoms with van der Waals surface area (Å²) >= 11 is 1.36. The quantitative estimate of drug-likeness (QED) is 0.151. The number of benzene rings is 3. The molecule has 5 rings (SSSR count). The first kappa shape index (κ1) is 31.0. The molecule has 0 atom stereocenters. The first-order valence-electron chi connectivity index (χ1n) is 11.5. The zero-order valence-corrected chi connectivity index (χ0v) is 26.0. The van der Waals surface area contributed by atoms with E-state index in [4.69, 9.17) is 0 Å². The molecule has 0 amide bonds. The molecule has 0 saturated heterocycles. The van der Waals surface area contributed by atoms with Crippen molar-refractivity contribution in [2.45, 2.75) is 47.5 Å². The first-order chi connectivity index (χ1) is 15.8. The Bertz CT molecular complexity index is 1310. The van der Waals surface area contributed by atoms with Gasteiger partial charge in [0.2, 0.25) is 0 Å². The normalized spacial score (nSPS) is 10.0. The van der Waals surface area contributed by atoms with E-state index in [0.717, 1.165) is 0 Å². The molecule has 0 fully saturated rings. The Balaban J connectivity index is 0.000000315. The van der Waals surface area contributed by atoms with Crippen molar-refractivity contribution in [3.05, 3.63) is 122 Å². The van der Waals surface area contributed by atoms with Crippen molar-refractivity contribution in [2.24, 2.45) is 0 Å². The number of aryl methyl sites for hydroxylation is 4. The van der Waals surface area contributed by atoms with Crippen molar-refractivity contribution >= 4 is 28.4 Å². The Labute approximate surface area is 230 Å². The van der Waals surface area contributed by atoms with Gasteiger partial charge in [-0.05, 0) is 25.3 Å². The fourth-order valence-electron chi connectivity index (χ4n) is 4.30. The van der Waals surface area contributed by atoms with Gasteiger partial charge in [0, 0.05) is 0 Å². The van der Waals surface area contributed by atoms with E-state index < -0.39 is 0 Å². The summed E-state index contributed by atoms with van der Waals surface area (Å²) in [6.07, 6.45) is 0. The van der Waals surface area contributed by atoms with Crippen LogP contribution in [0.15, 0.2) is 78.9 Å². The summed E-state index contributed by atoms with van der Waals surface area (Å²) in [5.74, 6) is 0.628. The first-order valence-corrected chi connectivity index (χ1v) is 15.7. The molecule has 0 nitrogen and oxygen atoms in total. The third kappa shape index (κ3) is 7.25. The Hall–Kier alpha value is -2.02. The Kier molecular flexibility index (Phi) is 12.3. The van der Waals surface area contributed by atoms with E-state index in [1.54, 1.807) is 0 Å². The van der Waals surface area contributed by atoms with Crippen molar-refractivity contribution in [3.8, 4) is 11.1 Å². The average Bonchev–Trinajstić information content (AvgIpc) is 3.40. The Morgan fingerprint density at radius 3 is 1.97 bits per heavy atom. The zero-order chi connectivity index (χ0) is 24.1. The SMILES string of the molecule is Cc1cc2c(-c3ccccc3)ccc(C)c2[cH-]1.Cc1cc2cc(C(C)C)[cH-]c2cc1C.[CH3-].[CH3-].[Si]=[Zr]. The van der Waals surface area contributed by atoms with Crippen LogP contribution >= 0.6 is 0 Å². The monoisotopic (exact) mass is 552 g/mol. The molecule has 182 valence electrons. The van der Waals surface area contributed by atoms with E-state index in [1.165, 1.54) is 83.8 Å². The molecule has 0 aliphatic heterocycles. The van der Waals surface area contributed by atoms with Gasteiger partial charge in [-0.1, -0.05) is 80.8 Å². The standard InChI is InChI=1S/C17H15.C14H17.2CH3.Si.Zr/c1-12-10-16-13(2)8-9-15(17(16)11-12)14-6-4-3-5-7-14;1-9(2)12-7-13-5-10(3)11(4)6-14(13)8-12;;;;/h3-11H,1-2H3;5-9H,1-4H3;2*1H3;;/q4*-1;;. The van der Waals surface area contributed by atoms with Crippen molar-refractivity contribution in [1.29, 1.82) is 0 Å². The van der Waals surface area contributed by atoms with Crippen LogP contribution in [0.4, 0.5) is 0 Å². The van der Waals surface area contributed by atoms with Crippen LogP contribution in [0, 0.1) is 42.5 Å². The van der Waals surface area contributed by atoms with Gasteiger partial charge in [0.05, 0.1) is 0 Å². The molecule has 0 N–H and O–H groups in total. The van der Waals surface area contributed by atoms with Gasteiger partial charge >= 0.3 is 30.2 Å². The molecule has 0 aromatic heterocycles. The van der Waals surface area contributed by atoms with Crippen LogP contribution in [0.2, 0.25) is 0 Å². The maximum atomic E-state index is 3.06. The molecule has 0 bridgehead atoms. The molecule has 0 saturated carbocycles. The summed E-state index contributed by atoms with van der Waals surface area (Å²) < 4.78 is 0. The molecule has 0 aliphatic carbocycles. The second kappa shape index (κ2) is 13.9. The van der Waals surface area contributed by atoms with E-state index in [0.29, 0.717) is 5.92 Å². The summed E-state index contributed by atoms with van der Waals surface area (Å²) in [5.41, 5.74) is 9.54. The van der Waals surface area contributed by atoms with Gasteiger partial charge in [0.15, 0.2) is 0 Å². The molecule has 0 heterocycles. The summed E-state index contributed by atoms with van der Waals surface area (Å²) in [7, 11) is 0. The third-order valence-electron chi connectivity index (χ3n) is 6.34. The van der Waals surface area contributed by atoms with E-state index in [9.17, 15) is 0 Å². The van der Waals surface area contributed by atoms with Crippen LogP contribution in [0.25, 0.3) is 32.7 Å². The van der Waals surface area contributed by atoms with Crippen molar-refractivity contribution in [1.82, 2.24) is 0 Å². The molecule has 0 aliphatic rings. The molecule has 2 radical (unpaired) electrons. The fourth-order valence-corrected chi connectivity index (χ4v) is 4.30. The Morgan fingerprint density at radius 1 is 0.714 bits per heavy atom. The van der Waals surface area contributed by atoms with Crippen molar-refractivity contribution < 1.29 is 23.3 Å². The van der Waals surface area contributed by atoms with E-state index >= 15 is 0 Å². The van der Waals surface area contributed by atoms with Crippen molar-refractivity contribution in [3.63, 3.8) is 0 Å². The van der Waals surface area contributed by atoms with E-state index in [-0.39, 0.29) is 14.9 Å². The molecule has 0 unspecified atom stereocenters. The molecule has 35 heavy (non-hydrogen) atoms. The van der Waals surface area contributed by atoms with Gasteiger partial charge in [-0.3, -0.25) is 0 Å². The van der Waals surface area contributed by atoms with Crippen LogP contribution in [0.5, 0.6) is 0 Å². The zero-order valence-electron chi connectivity index (χ0n) is 22.6. The Morgan fingerprint density at radius 2 is 1.34 bits per heavy atom. The number of fused-ring (bicyclic) bond motifs is 2. The minimum atomic E-state index is 0. The molecule has 5 aromatic carbocycles. The van der Waals surface area contributed by atoms with E-state index in [2.05, 4.69) is 127 Å². The van der Waals surface area contributed by atoms with Crippen LogP contribution in [-0.2, 0) is 23.3 Å². The van der Waals surface area contributed by atoms with Gasteiger partial charge in [-0.2, -0.15) is 12.1 Å². The van der Waals surface area contributed by atoms with Crippen molar-refractivity contribution in [2.75, 3.05) is 0 Å². The van der Waals surface area contributed by atoms with E-state index in [1.807, 2.05) is 0 Å².